The number of hydrogen-bond acceptors (Lipinski definition) is 2. The van der Waals surface area contributed by atoms with Crippen molar-refractivity contribution in [3.05, 3.63) is 35.9 Å². The van der Waals surface area contributed by atoms with Crippen molar-refractivity contribution in [2.75, 3.05) is 0 Å². The van der Waals surface area contributed by atoms with Crippen LogP contribution in [0.5, 0.6) is 0 Å². The summed E-state index contributed by atoms with van der Waals surface area (Å²) in [6.07, 6.45) is 5.36. The quantitative estimate of drug-likeness (QED) is 0.575. The second-order valence-electron chi connectivity index (χ2n) is 4.01. The third kappa shape index (κ3) is 1.68. The Labute approximate surface area is 84.5 Å². The third-order valence-corrected chi connectivity index (χ3v) is 3.14. The first kappa shape index (κ1) is 9.69. The molecule has 0 heterocycles. The predicted octanol–water partition coefficient (Wildman–Crippen LogP) is 3.34. The van der Waals surface area contributed by atoms with E-state index in [0.717, 1.165) is 31.2 Å². The minimum absolute atomic E-state index is 0.431. The Morgan fingerprint density at radius 3 is 2.21 bits per heavy atom. The molecule has 2 heteroatoms. The normalized spacial score (nSPS) is 20.6. The zero-order valence-corrected chi connectivity index (χ0v) is 8.28. The minimum Gasteiger partial charge on any atom is -0.251 e. The Balaban J connectivity index is 2.27. The van der Waals surface area contributed by atoms with Gasteiger partial charge in [-0.2, -0.15) is 0 Å². The molecule has 0 aromatic heterocycles. The Kier molecular flexibility index (Phi) is 2.85. The monoisotopic (exact) mass is 192 g/mol. The van der Waals surface area contributed by atoms with Crippen LogP contribution in [0.15, 0.2) is 30.3 Å². The fourth-order valence-corrected chi connectivity index (χ4v) is 2.30. The van der Waals surface area contributed by atoms with Gasteiger partial charge in [0.15, 0.2) is 0 Å². The first-order chi connectivity index (χ1) is 6.87. The molecule has 1 aromatic carbocycles. The summed E-state index contributed by atoms with van der Waals surface area (Å²) in [7, 11) is 0. The van der Waals surface area contributed by atoms with Crippen LogP contribution < -0.4 is 0 Å². The summed E-state index contributed by atoms with van der Waals surface area (Å²) in [5.41, 5.74) is 0.668. The van der Waals surface area contributed by atoms with E-state index in [1.165, 1.54) is 6.42 Å². The molecule has 1 aliphatic carbocycles. The largest absolute Gasteiger partial charge is 0.251 e. The molecule has 2 nitrogen and oxygen atoms in total. The van der Waals surface area contributed by atoms with Crippen LogP contribution >= 0.6 is 0 Å². The molecule has 0 saturated heterocycles. The van der Waals surface area contributed by atoms with Gasteiger partial charge in [-0.15, -0.1) is 0 Å². The van der Waals surface area contributed by atoms with Gasteiger partial charge < -0.3 is 0 Å². The van der Waals surface area contributed by atoms with Gasteiger partial charge in [0, 0.05) is 0 Å². The first-order valence-corrected chi connectivity index (χ1v) is 5.25. The van der Waals surface area contributed by atoms with E-state index in [2.05, 4.69) is 0 Å². The van der Waals surface area contributed by atoms with Gasteiger partial charge in [-0.25, -0.2) is 4.89 Å². The van der Waals surface area contributed by atoms with Gasteiger partial charge in [0.05, 0.1) is 0 Å². The highest BCUT2D eigenvalue weighted by molar-refractivity contribution is 5.22. The van der Waals surface area contributed by atoms with E-state index in [4.69, 9.17) is 10.1 Å². The smallest absolute Gasteiger partial charge is 0.128 e. The van der Waals surface area contributed by atoms with Crippen LogP contribution in [-0.4, -0.2) is 5.26 Å². The maximum Gasteiger partial charge on any atom is 0.128 e. The summed E-state index contributed by atoms with van der Waals surface area (Å²) in [6, 6.07) is 10.0. The minimum atomic E-state index is -0.431. The molecule has 1 N–H and O–H groups in total. The topological polar surface area (TPSA) is 29.5 Å². The van der Waals surface area contributed by atoms with E-state index >= 15 is 0 Å². The molecule has 0 aliphatic heterocycles. The lowest BCUT2D eigenvalue weighted by molar-refractivity contribution is -0.337. The molecule has 76 valence electrons. The molecule has 1 saturated carbocycles. The summed E-state index contributed by atoms with van der Waals surface area (Å²) >= 11 is 0. The van der Waals surface area contributed by atoms with Gasteiger partial charge in [-0.05, 0) is 18.4 Å². The van der Waals surface area contributed by atoms with Crippen molar-refractivity contribution in [3.8, 4) is 0 Å². The molecule has 14 heavy (non-hydrogen) atoms. The molecular formula is C12H16O2. The molecule has 2 rings (SSSR count). The van der Waals surface area contributed by atoms with E-state index < -0.39 is 5.60 Å². The highest BCUT2D eigenvalue weighted by atomic mass is 17.1. The Morgan fingerprint density at radius 1 is 1.00 bits per heavy atom. The Bertz CT molecular complexity index is 276. The van der Waals surface area contributed by atoms with Crippen LogP contribution in [0.1, 0.15) is 37.7 Å². The van der Waals surface area contributed by atoms with Crippen molar-refractivity contribution in [2.45, 2.75) is 37.7 Å². The lowest BCUT2D eigenvalue weighted by atomic mass is 9.80. The molecule has 1 aromatic rings. The lowest BCUT2D eigenvalue weighted by Gasteiger charge is -2.34. The second kappa shape index (κ2) is 4.11. The van der Waals surface area contributed by atoms with Crippen LogP contribution in [0.3, 0.4) is 0 Å². The molecular weight excluding hydrogens is 176 g/mol. The summed E-state index contributed by atoms with van der Waals surface area (Å²) in [5.74, 6) is 0. The summed E-state index contributed by atoms with van der Waals surface area (Å²) < 4.78 is 0. The lowest BCUT2D eigenvalue weighted by Crippen LogP contribution is -2.31. The fraction of sp³-hybridized carbons (Fsp3) is 0.500. The SMILES string of the molecule is OOC1(c2ccccc2)CCCCC1. The Morgan fingerprint density at radius 2 is 1.64 bits per heavy atom. The summed E-state index contributed by atoms with van der Waals surface area (Å²) in [4.78, 5) is 4.76. The van der Waals surface area contributed by atoms with Crippen molar-refractivity contribution in [3.63, 3.8) is 0 Å². The zero-order chi connectivity index (χ0) is 9.86. The van der Waals surface area contributed by atoms with Crippen molar-refractivity contribution < 1.29 is 10.1 Å². The zero-order valence-electron chi connectivity index (χ0n) is 8.28. The van der Waals surface area contributed by atoms with Gasteiger partial charge in [-0.3, -0.25) is 5.26 Å². The van der Waals surface area contributed by atoms with Crippen LogP contribution in [0, 0.1) is 0 Å². The van der Waals surface area contributed by atoms with E-state index in [1.54, 1.807) is 0 Å². The van der Waals surface area contributed by atoms with Crippen LogP contribution in [-0.2, 0) is 10.5 Å². The van der Waals surface area contributed by atoms with Gasteiger partial charge in [0.2, 0.25) is 0 Å². The van der Waals surface area contributed by atoms with Gasteiger partial charge in [-0.1, -0.05) is 49.6 Å². The van der Waals surface area contributed by atoms with Crippen molar-refractivity contribution in [1.82, 2.24) is 0 Å². The van der Waals surface area contributed by atoms with Crippen molar-refractivity contribution in [2.24, 2.45) is 0 Å². The number of benzene rings is 1. The average molecular weight is 192 g/mol. The van der Waals surface area contributed by atoms with Crippen molar-refractivity contribution >= 4 is 0 Å². The number of hydrogen-bond donors (Lipinski definition) is 1. The molecule has 0 radical (unpaired) electrons. The summed E-state index contributed by atoms with van der Waals surface area (Å²) in [5, 5.41) is 9.09. The van der Waals surface area contributed by atoms with E-state index in [-0.39, 0.29) is 0 Å². The maximum absolute atomic E-state index is 9.09. The molecule has 0 atom stereocenters. The highest BCUT2D eigenvalue weighted by Gasteiger charge is 2.35. The molecule has 1 fully saturated rings. The maximum atomic E-state index is 9.09. The third-order valence-electron chi connectivity index (χ3n) is 3.14. The molecule has 0 bridgehead atoms. The van der Waals surface area contributed by atoms with E-state index in [9.17, 15) is 0 Å². The van der Waals surface area contributed by atoms with E-state index in [0.29, 0.717) is 0 Å². The van der Waals surface area contributed by atoms with Crippen LogP contribution in [0.4, 0.5) is 0 Å². The molecule has 1 aliphatic rings. The van der Waals surface area contributed by atoms with Gasteiger partial charge >= 0.3 is 0 Å². The summed E-state index contributed by atoms with van der Waals surface area (Å²) in [6.45, 7) is 0. The molecule has 0 spiro atoms. The number of rotatable bonds is 2. The second-order valence-corrected chi connectivity index (χ2v) is 4.01. The predicted molar refractivity (Wildman–Crippen MR) is 54.9 cm³/mol. The first-order valence-electron chi connectivity index (χ1n) is 5.25. The van der Waals surface area contributed by atoms with E-state index in [1.807, 2.05) is 30.3 Å². The standard InChI is InChI=1S/C12H16O2/c13-14-12(9-5-2-6-10-12)11-7-3-1-4-8-11/h1,3-4,7-8,13H,2,5-6,9-10H2. The average Bonchev–Trinajstić information content (AvgIpc) is 2.31. The van der Waals surface area contributed by atoms with Gasteiger partial charge in [0.25, 0.3) is 0 Å². The highest BCUT2D eigenvalue weighted by Crippen LogP contribution is 2.39. The fourth-order valence-electron chi connectivity index (χ4n) is 2.30. The molecule has 0 amide bonds. The Hall–Kier alpha value is -0.860. The van der Waals surface area contributed by atoms with Gasteiger partial charge in [0.1, 0.15) is 5.60 Å². The molecule has 0 unspecified atom stereocenters. The van der Waals surface area contributed by atoms with Crippen molar-refractivity contribution in [1.29, 1.82) is 0 Å². The van der Waals surface area contributed by atoms with Crippen LogP contribution in [0.2, 0.25) is 0 Å². The van der Waals surface area contributed by atoms with Crippen LogP contribution in [0.25, 0.3) is 0 Å².